The Balaban J connectivity index is 1.71. The van der Waals surface area contributed by atoms with E-state index in [1.807, 2.05) is 48.5 Å². The lowest BCUT2D eigenvalue weighted by molar-refractivity contribution is -0.157. The molecule has 3 atom stereocenters. The number of amides is 2. The largest absolute Gasteiger partial charge is 0.463 e. The van der Waals surface area contributed by atoms with Gasteiger partial charge in [0.15, 0.2) is 6.04 Å². The van der Waals surface area contributed by atoms with Crippen molar-refractivity contribution in [3.63, 3.8) is 0 Å². The first-order chi connectivity index (χ1) is 22.3. The van der Waals surface area contributed by atoms with Gasteiger partial charge in [-0.25, -0.2) is 4.79 Å². The quantitative estimate of drug-likeness (QED) is 0.107. The Morgan fingerprint density at radius 3 is 2.13 bits per heavy atom. The number of benzene rings is 2. The average molecular weight is 633 g/mol. The Kier molecular flexibility index (Phi) is 15.2. The van der Waals surface area contributed by atoms with E-state index >= 15 is 0 Å². The first-order valence-electron chi connectivity index (χ1n) is 16.1. The standard InChI is InChI=1S/C37H48N2O7/c1-3-5-8-20-31(23-28-16-9-6-10-17-28)35(43)46-26-32(36(44)45-25-29-18-11-7-12-19-29)38-34(42)30(15-4-2)24-33(41)39-37(27-40)21-13-14-22-37/h3-4,6-7,9-12,16-19,30-32,40H,1-2,5,8,13-15,20-27H2,(H,38,42)(H,39,41)/t30-,31+,32+/m0/s1. The fraction of sp³-hybridized carbons (Fsp3) is 0.459. The number of hydrogen-bond acceptors (Lipinski definition) is 7. The molecule has 0 saturated heterocycles. The first kappa shape index (κ1) is 36.2. The topological polar surface area (TPSA) is 131 Å². The lowest BCUT2D eigenvalue weighted by Gasteiger charge is -2.29. The molecule has 2 amide bonds. The second kappa shape index (κ2) is 19.3. The van der Waals surface area contributed by atoms with E-state index in [9.17, 15) is 24.3 Å². The van der Waals surface area contributed by atoms with Crippen molar-refractivity contribution in [1.29, 1.82) is 0 Å². The van der Waals surface area contributed by atoms with Gasteiger partial charge in [0.05, 0.1) is 24.0 Å². The van der Waals surface area contributed by atoms with Crippen molar-refractivity contribution in [3.05, 3.63) is 97.1 Å². The summed E-state index contributed by atoms with van der Waals surface area (Å²) in [5.74, 6) is -3.45. The molecule has 1 aliphatic rings. The molecular formula is C37H48N2O7. The number of aliphatic hydroxyl groups is 1. The van der Waals surface area contributed by atoms with Gasteiger partial charge in [0.1, 0.15) is 13.2 Å². The Morgan fingerprint density at radius 1 is 0.870 bits per heavy atom. The van der Waals surface area contributed by atoms with E-state index in [2.05, 4.69) is 23.8 Å². The summed E-state index contributed by atoms with van der Waals surface area (Å²) in [6, 6.07) is 17.4. The van der Waals surface area contributed by atoms with Crippen LogP contribution in [-0.2, 0) is 41.7 Å². The number of nitrogens with one attached hydrogen (secondary N) is 2. The van der Waals surface area contributed by atoms with Gasteiger partial charge in [-0.05, 0) is 56.1 Å². The van der Waals surface area contributed by atoms with Crippen LogP contribution in [0.25, 0.3) is 0 Å². The van der Waals surface area contributed by atoms with E-state index in [-0.39, 0.29) is 32.0 Å². The highest BCUT2D eigenvalue weighted by Gasteiger charge is 2.36. The van der Waals surface area contributed by atoms with Gasteiger partial charge < -0.3 is 25.2 Å². The zero-order valence-corrected chi connectivity index (χ0v) is 26.7. The van der Waals surface area contributed by atoms with Crippen molar-refractivity contribution >= 4 is 23.8 Å². The molecule has 3 rings (SSSR count). The summed E-state index contributed by atoms with van der Waals surface area (Å²) in [5.41, 5.74) is 1.07. The van der Waals surface area contributed by atoms with E-state index in [0.29, 0.717) is 25.7 Å². The van der Waals surface area contributed by atoms with E-state index in [1.165, 1.54) is 6.08 Å². The highest BCUT2D eigenvalue weighted by atomic mass is 16.6. The van der Waals surface area contributed by atoms with Crippen molar-refractivity contribution in [2.45, 2.75) is 82.4 Å². The lowest BCUT2D eigenvalue weighted by Crippen LogP contribution is -2.51. The van der Waals surface area contributed by atoms with Gasteiger partial charge in [0, 0.05) is 6.42 Å². The van der Waals surface area contributed by atoms with Gasteiger partial charge in [-0.15, -0.1) is 13.2 Å². The monoisotopic (exact) mass is 632 g/mol. The Bertz CT molecular complexity index is 1280. The van der Waals surface area contributed by atoms with Crippen molar-refractivity contribution < 1.29 is 33.8 Å². The molecule has 0 heterocycles. The van der Waals surface area contributed by atoms with E-state index in [0.717, 1.165) is 36.8 Å². The number of ether oxygens (including phenoxy) is 2. The summed E-state index contributed by atoms with van der Waals surface area (Å²) in [7, 11) is 0. The summed E-state index contributed by atoms with van der Waals surface area (Å²) in [5, 5.41) is 15.5. The second-order valence-electron chi connectivity index (χ2n) is 12.0. The Morgan fingerprint density at radius 2 is 1.52 bits per heavy atom. The third-order valence-electron chi connectivity index (χ3n) is 8.36. The third kappa shape index (κ3) is 11.9. The van der Waals surface area contributed by atoms with Crippen LogP contribution in [0.1, 0.15) is 68.9 Å². The van der Waals surface area contributed by atoms with Gasteiger partial charge in [-0.1, -0.05) is 85.7 Å². The van der Waals surface area contributed by atoms with Gasteiger partial charge in [0.25, 0.3) is 0 Å². The molecule has 1 saturated carbocycles. The third-order valence-corrected chi connectivity index (χ3v) is 8.36. The fourth-order valence-electron chi connectivity index (χ4n) is 5.71. The van der Waals surface area contributed by atoms with Crippen molar-refractivity contribution in [2.75, 3.05) is 13.2 Å². The van der Waals surface area contributed by atoms with Crippen molar-refractivity contribution in [2.24, 2.45) is 11.8 Å². The second-order valence-corrected chi connectivity index (χ2v) is 12.0. The predicted molar refractivity (Wildman–Crippen MR) is 176 cm³/mol. The van der Waals surface area contributed by atoms with E-state index in [1.54, 1.807) is 18.2 Å². The minimum absolute atomic E-state index is 0.0279. The van der Waals surface area contributed by atoms with Gasteiger partial charge in [-0.2, -0.15) is 0 Å². The highest BCUT2D eigenvalue weighted by Crippen LogP contribution is 2.29. The van der Waals surface area contributed by atoms with Gasteiger partial charge >= 0.3 is 11.9 Å². The molecular weight excluding hydrogens is 584 g/mol. The zero-order valence-electron chi connectivity index (χ0n) is 26.7. The molecule has 9 heteroatoms. The molecule has 0 spiro atoms. The van der Waals surface area contributed by atoms with Crippen LogP contribution in [0.4, 0.5) is 0 Å². The normalized spacial score (nSPS) is 15.5. The van der Waals surface area contributed by atoms with Crippen LogP contribution in [0.5, 0.6) is 0 Å². The lowest BCUT2D eigenvalue weighted by atomic mass is 9.94. The molecule has 1 fully saturated rings. The molecule has 46 heavy (non-hydrogen) atoms. The number of hydrogen-bond donors (Lipinski definition) is 3. The molecule has 0 aromatic heterocycles. The minimum Gasteiger partial charge on any atom is -0.463 e. The number of carbonyl (C=O) groups is 4. The number of allylic oxidation sites excluding steroid dienone is 2. The first-order valence-corrected chi connectivity index (χ1v) is 16.1. The molecule has 0 unspecified atom stereocenters. The number of esters is 2. The van der Waals surface area contributed by atoms with Crippen LogP contribution in [0.3, 0.4) is 0 Å². The molecule has 0 radical (unpaired) electrons. The number of carbonyl (C=O) groups excluding carboxylic acids is 4. The Labute approximate surface area is 272 Å². The summed E-state index contributed by atoms with van der Waals surface area (Å²) in [4.78, 5) is 53.1. The van der Waals surface area contributed by atoms with E-state index in [4.69, 9.17) is 9.47 Å². The van der Waals surface area contributed by atoms with Gasteiger partial charge in [0.2, 0.25) is 11.8 Å². The van der Waals surface area contributed by atoms with Crippen molar-refractivity contribution in [1.82, 2.24) is 10.6 Å². The number of aliphatic hydroxyl groups excluding tert-OH is 1. The minimum atomic E-state index is -1.29. The molecule has 2 aromatic carbocycles. The fourth-order valence-corrected chi connectivity index (χ4v) is 5.71. The van der Waals surface area contributed by atoms with E-state index < -0.39 is 47.9 Å². The van der Waals surface area contributed by atoms with Crippen LogP contribution >= 0.6 is 0 Å². The molecule has 1 aliphatic carbocycles. The number of rotatable bonds is 20. The van der Waals surface area contributed by atoms with Gasteiger partial charge in [-0.3, -0.25) is 14.4 Å². The molecule has 0 bridgehead atoms. The summed E-state index contributed by atoms with van der Waals surface area (Å²) in [6.07, 6.45) is 9.06. The summed E-state index contributed by atoms with van der Waals surface area (Å²) >= 11 is 0. The smallest absolute Gasteiger partial charge is 0.332 e. The van der Waals surface area contributed by atoms with Crippen LogP contribution in [-0.4, -0.2) is 53.7 Å². The molecule has 3 N–H and O–H groups in total. The van der Waals surface area contributed by atoms with Crippen LogP contribution in [0.2, 0.25) is 0 Å². The number of unbranched alkanes of at least 4 members (excludes halogenated alkanes) is 1. The van der Waals surface area contributed by atoms with Crippen LogP contribution in [0.15, 0.2) is 86.0 Å². The predicted octanol–water partition coefficient (Wildman–Crippen LogP) is 4.98. The summed E-state index contributed by atoms with van der Waals surface area (Å²) < 4.78 is 11.2. The highest BCUT2D eigenvalue weighted by molar-refractivity contribution is 5.89. The maximum Gasteiger partial charge on any atom is 0.332 e. The van der Waals surface area contributed by atoms with Crippen LogP contribution < -0.4 is 10.6 Å². The zero-order chi connectivity index (χ0) is 33.2. The molecule has 0 aliphatic heterocycles. The van der Waals surface area contributed by atoms with Crippen LogP contribution in [0, 0.1) is 11.8 Å². The average Bonchev–Trinajstić information content (AvgIpc) is 3.54. The maximum absolute atomic E-state index is 13.5. The molecule has 9 nitrogen and oxygen atoms in total. The maximum atomic E-state index is 13.5. The SMILES string of the molecule is C=CCCC[C@H](Cc1ccccc1)C(=O)OC[C@@H](NC(=O)[C@@H](CC=C)CC(=O)NC1(CO)CCCC1)C(=O)OCc1ccccc1. The molecule has 248 valence electrons. The van der Waals surface area contributed by atoms with Crippen molar-refractivity contribution in [3.8, 4) is 0 Å². The molecule has 2 aromatic rings. The Hall–Kier alpha value is -4.24. The summed E-state index contributed by atoms with van der Waals surface area (Å²) in [6.45, 7) is 6.86.